The van der Waals surface area contributed by atoms with Crippen LogP contribution in [0.2, 0.25) is 5.02 Å². The van der Waals surface area contributed by atoms with Crippen molar-refractivity contribution >= 4 is 17.5 Å². The number of carbonyl (C=O) groups is 1. The van der Waals surface area contributed by atoms with Gasteiger partial charge < -0.3 is 16.2 Å². The molecular formula is C13H19ClN2O2. The Morgan fingerprint density at radius 1 is 1.56 bits per heavy atom. The maximum Gasteiger partial charge on any atom is 0.248 e. The lowest BCUT2D eigenvalue weighted by atomic mass is 10.1. The largest absolute Gasteiger partial charge is 0.396 e. The van der Waals surface area contributed by atoms with Crippen LogP contribution in [0.5, 0.6) is 0 Å². The number of benzene rings is 1. The third kappa shape index (κ3) is 4.64. The van der Waals surface area contributed by atoms with Crippen molar-refractivity contribution in [3.63, 3.8) is 0 Å². The predicted molar refractivity (Wildman–Crippen MR) is 72.6 cm³/mol. The molecule has 1 unspecified atom stereocenters. The summed E-state index contributed by atoms with van der Waals surface area (Å²) < 4.78 is 0. The van der Waals surface area contributed by atoms with Gasteiger partial charge in [0.1, 0.15) is 0 Å². The van der Waals surface area contributed by atoms with E-state index in [9.17, 15) is 4.79 Å². The zero-order valence-corrected chi connectivity index (χ0v) is 11.2. The minimum Gasteiger partial charge on any atom is -0.396 e. The first kappa shape index (κ1) is 15.0. The summed E-state index contributed by atoms with van der Waals surface area (Å²) in [5.41, 5.74) is 6.52. The normalized spacial score (nSPS) is 12.4. The molecule has 1 amide bonds. The Morgan fingerprint density at radius 2 is 2.28 bits per heavy atom. The minimum atomic E-state index is -0.479. The number of hydrogen-bond acceptors (Lipinski definition) is 3. The van der Waals surface area contributed by atoms with Crippen LogP contribution in [0.15, 0.2) is 18.2 Å². The second-order valence-electron chi connectivity index (χ2n) is 4.32. The van der Waals surface area contributed by atoms with E-state index >= 15 is 0 Å². The highest BCUT2D eigenvalue weighted by Crippen LogP contribution is 2.18. The third-order valence-electron chi connectivity index (χ3n) is 2.77. The second kappa shape index (κ2) is 7.36. The molecule has 0 saturated heterocycles. The number of amides is 1. The summed E-state index contributed by atoms with van der Waals surface area (Å²) in [6, 6.07) is 5.36. The summed E-state index contributed by atoms with van der Waals surface area (Å²) >= 11 is 6.07. The van der Waals surface area contributed by atoms with Crippen molar-refractivity contribution in [3.05, 3.63) is 34.3 Å². The van der Waals surface area contributed by atoms with Crippen molar-refractivity contribution in [2.45, 2.75) is 32.4 Å². The van der Waals surface area contributed by atoms with Crippen LogP contribution >= 0.6 is 11.6 Å². The van der Waals surface area contributed by atoms with Crippen molar-refractivity contribution in [3.8, 4) is 0 Å². The molecule has 1 aromatic carbocycles. The van der Waals surface area contributed by atoms with E-state index in [1.165, 1.54) is 0 Å². The molecule has 1 rings (SSSR count). The Kier molecular flexibility index (Phi) is 6.12. The summed E-state index contributed by atoms with van der Waals surface area (Å²) in [5.74, 6) is -0.479. The number of nitrogens with one attached hydrogen (secondary N) is 1. The lowest BCUT2D eigenvalue weighted by molar-refractivity contribution is 0.100. The quantitative estimate of drug-likeness (QED) is 0.706. The second-order valence-corrected chi connectivity index (χ2v) is 4.73. The molecule has 0 aliphatic heterocycles. The predicted octanol–water partition coefficient (Wildman–Crippen LogP) is 1.69. The van der Waals surface area contributed by atoms with Gasteiger partial charge in [-0.3, -0.25) is 4.79 Å². The van der Waals surface area contributed by atoms with Gasteiger partial charge in [-0.1, -0.05) is 17.7 Å². The molecule has 1 aromatic rings. The van der Waals surface area contributed by atoms with Crippen LogP contribution in [0.25, 0.3) is 0 Å². The van der Waals surface area contributed by atoms with E-state index in [1.807, 2.05) is 0 Å². The Labute approximate surface area is 112 Å². The number of carbonyl (C=O) groups excluding carboxylic acids is 1. The fourth-order valence-corrected chi connectivity index (χ4v) is 1.88. The number of hydrogen-bond donors (Lipinski definition) is 3. The Hall–Kier alpha value is -1.10. The van der Waals surface area contributed by atoms with Crippen molar-refractivity contribution < 1.29 is 9.90 Å². The maximum atomic E-state index is 11.0. The monoisotopic (exact) mass is 270 g/mol. The van der Waals surface area contributed by atoms with Gasteiger partial charge >= 0.3 is 0 Å². The van der Waals surface area contributed by atoms with Crippen LogP contribution in [-0.4, -0.2) is 23.7 Å². The highest BCUT2D eigenvalue weighted by Gasteiger charge is 2.07. The molecule has 0 radical (unpaired) electrons. The summed E-state index contributed by atoms with van der Waals surface area (Å²) in [7, 11) is 0. The van der Waals surface area contributed by atoms with E-state index in [2.05, 4.69) is 12.2 Å². The first-order valence-corrected chi connectivity index (χ1v) is 6.35. The van der Waals surface area contributed by atoms with E-state index in [0.717, 1.165) is 18.4 Å². The Balaban J connectivity index is 2.55. The van der Waals surface area contributed by atoms with Crippen LogP contribution in [0.3, 0.4) is 0 Å². The van der Waals surface area contributed by atoms with Gasteiger partial charge in [-0.15, -0.1) is 0 Å². The molecule has 100 valence electrons. The van der Waals surface area contributed by atoms with Crippen LogP contribution in [-0.2, 0) is 6.54 Å². The molecule has 0 aromatic heterocycles. The summed E-state index contributed by atoms with van der Waals surface area (Å²) in [4.78, 5) is 11.0. The summed E-state index contributed by atoms with van der Waals surface area (Å²) in [6.07, 6.45) is 1.69. The average Bonchev–Trinajstić information content (AvgIpc) is 2.34. The number of rotatable bonds is 7. The lowest BCUT2D eigenvalue weighted by Gasteiger charge is -2.14. The summed E-state index contributed by atoms with van der Waals surface area (Å²) in [6.45, 7) is 2.89. The number of nitrogens with two attached hydrogens (primary N) is 1. The Morgan fingerprint density at radius 3 is 2.83 bits per heavy atom. The zero-order chi connectivity index (χ0) is 13.5. The fraction of sp³-hybridized carbons (Fsp3) is 0.462. The van der Waals surface area contributed by atoms with Gasteiger partial charge in [-0.25, -0.2) is 0 Å². The van der Waals surface area contributed by atoms with Crippen LogP contribution in [0, 0.1) is 0 Å². The number of primary amides is 1. The number of aliphatic hydroxyl groups excluding tert-OH is 1. The molecule has 18 heavy (non-hydrogen) atoms. The fourth-order valence-electron chi connectivity index (χ4n) is 1.63. The molecule has 0 fully saturated rings. The molecule has 5 heteroatoms. The maximum absolute atomic E-state index is 11.0. The molecule has 0 heterocycles. The highest BCUT2D eigenvalue weighted by molar-refractivity contribution is 6.31. The topological polar surface area (TPSA) is 75.3 Å². The molecule has 0 spiro atoms. The van der Waals surface area contributed by atoms with Gasteiger partial charge in [0.15, 0.2) is 0 Å². The standard InChI is InChI=1S/C13H19ClN2O2/c1-9(3-2-6-17)16-8-11-5-4-10(13(15)18)7-12(11)14/h4-5,7,9,16-17H,2-3,6,8H2,1H3,(H2,15,18). The van der Waals surface area contributed by atoms with Crippen LogP contribution in [0.1, 0.15) is 35.7 Å². The highest BCUT2D eigenvalue weighted by atomic mass is 35.5. The van der Waals surface area contributed by atoms with Gasteiger partial charge in [-0.2, -0.15) is 0 Å². The van der Waals surface area contributed by atoms with Crippen LogP contribution < -0.4 is 11.1 Å². The molecule has 4 nitrogen and oxygen atoms in total. The molecule has 0 aliphatic rings. The molecule has 0 bridgehead atoms. The molecule has 0 saturated carbocycles. The SMILES string of the molecule is CC(CCCO)NCc1ccc(C(N)=O)cc1Cl. The van der Waals surface area contributed by atoms with Crippen molar-refractivity contribution in [2.24, 2.45) is 5.73 Å². The van der Waals surface area contributed by atoms with Gasteiger partial charge in [-0.05, 0) is 37.5 Å². The molecule has 1 atom stereocenters. The van der Waals surface area contributed by atoms with Gasteiger partial charge in [0.2, 0.25) is 5.91 Å². The van der Waals surface area contributed by atoms with Gasteiger partial charge in [0.05, 0.1) is 0 Å². The van der Waals surface area contributed by atoms with Crippen molar-refractivity contribution in [2.75, 3.05) is 6.61 Å². The van der Waals surface area contributed by atoms with E-state index in [0.29, 0.717) is 23.2 Å². The lowest BCUT2D eigenvalue weighted by Crippen LogP contribution is -2.25. The van der Waals surface area contributed by atoms with Crippen molar-refractivity contribution in [1.82, 2.24) is 5.32 Å². The van der Waals surface area contributed by atoms with E-state index in [4.69, 9.17) is 22.4 Å². The molecular weight excluding hydrogens is 252 g/mol. The van der Waals surface area contributed by atoms with E-state index in [1.54, 1.807) is 18.2 Å². The zero-order valence-electron chi connectivity index (χ0n) is 10.4. The average molecular weight is 271 g/mol. The minimum absolute atomic E-state index is 0.208. The first-order valence-electron chi connectivity index (χ1n) is 5.97. The smallest absolute Gasteiger partial charge is 0.248 e. The first-order chi connectivity index (χ1) is 8.54. The van der Waals surface area contributed by atoms with Crippen molar-refractivity contribution in [1.29, 1.82) is 0 Å². The molecule has 4 N–H and O–H groups in total. The van der Waals surface area contributed by atoms with E-state index in [-0.39, 0.29) is 6.61 Å². The molecule has 0 aliphatic carbocycles. The van der Waals surface area contributed by atoms with Gasteiger partial charge in [0, 0.05) is 29.8 Å². The third-order valence-corrected chi connectivity index (χ3v) is 3.13. The van der Waals surface area contributed by atoms with Gasteiger partial charge in [0.25, 0.3) is 0 Å². The Bertz CT molecular complexity index is 410. The number of halogens is 1. The van der Waals surface area contributed by atoms with E-state index < -0.39 is 5.91 Å². The number of aliphatic hydroxyl groups is 1. The van der Waals surface area contributed by atoms with Crippen LogP contribution in [0.4, 0.5) is 0 Å². The summed E-state index contributed by atoms with van der Waals surface area (Å²) in [5, 5.41) is 12.6.